The summed E-state index contributed by atoms with van der Waals surface area (Å²) in [6.45, 7) is 8.25. The van der Waals surface area contributed by atoms with Gasteiger partial charge in [-0.25, -0.2) is 0 Å². The van der Waals surface area contributed by atoms with E-state index >= 15 is 0 Å². The number of hydrogen-bond donors (Lipinski definition) is 2. The van der Waals surface area contributed by atoms with Gasteiger partial charge in [0.25, 0.3) is 0 Å². The minimum absolute atomic E-state index is 0.0525. The summed E-state index contributed by atoms with van der Waals surface area (Å²) in [5, 5.41) is 2.93. The number of amides is 1. The first-order valence-corrected chi connectivity index (χ1v) is 5.99. The molecule has 1 heterocycles. The average Bonchev–Trinajstić information content (AvgIpc) is 2.29. The zero-order chi connectivity index (χ0) is 12.0. The number of carbonyl (C=O) groups is 1. The number of rotatable bonds is 5. The van der Waals surface area contributed by atoms with E-state index in [1.165, 1.54) is 0 Å². The van der Waals surface area contributed by atoms with E-state index in [0.717, 1.165) is 32.8 Å². The maximum Gasteiger partial charge on any atom is 0.237 e. The zero-order valence-corrected chi connectivity index (χ0v) is 10.2. The van der Waals surface area contributed by atoms with Crippen LogP contribution >= 0.6 is 0 Å². The number of nitrogens with two attached hydrogens (primary N) is 1. The molecule has 2 unspecified atom stereocenters. The van der Waals surface area contributed by atoms with Gasteiger partial charge >= 0.3 is 0 Å². The van der Waals surface area contributed by atoms with Gasteiger partial charge in [-0.15, -0.1) is 0 Å². The van der Waals surface area contributed by atoms with Crippen molar-refractivity contribution < 1.29 is 9.53 Å². The lowest BCUT2D eigenvalue weighted by Crippen LogP contribution is -2.49. The number of nitrogens with zero attached hydrogens (tertiary/aromatic N) is 1. The Labute approximate surface area is 97.3 Å². The van der Waals surface area contributed by atoms with Crippen LogP contribution in [0.2, 0.25) is 0 Å². The summed E-state index contributed by atoms with van der Waals surface area (Å²) >= 11 is 0. The summed E-state index contributed by atoms with van der Waals surface area (Å²) in [5.41, 5.74) is 5.65. The van der Waals surface area contributed by atoms with Crippen molar-refractivity contribution in [3.63, 3.8) is 0 Å². The number of morpholine rings is 1. The molecular formula is C11H23N3O2. The number of carbonyl (C=O) groups excluding carboxylic acids is 1. The number of ether oxygens (including phenoxy) is 1. The van der Waals surface area contributed by atoms with Crippen molar-refractivity contribution in [2.24, 2.45) is 5.73 Å². The van der Waals surface area contributed by atoms with E-state index in [1.807, 2.05) is 13.8 Å². The standard InChI is InChI=1S/C11H23N3O2/c1-3-10(12)11(15)13-9(2)8-14-4-6-16-7-5-14/h9-10H,3-8,12H2,1-2H3,(H,13,15). The molecule has 0 aromatic carbocycles. The van der Waals surface area contributed by atoms with Gasteiger partial charge in [-0.1, -0.05) is 6.92 Å². The molecule has 1 aliphatic rings. The Morgan fingerprint density at radius 2 is 2.12 bits per heavy atom. The van der Waals surface area contributed by atoms with Crippen LogP contribution in [-0.4, -0.2) is 55.7 Å². The highest BCUT2D eigenvalue weighted by Gasteiger charge is 2.17. The SMILES string of the molecule is CCC(N)C(=O)NC(C)CN1CCOCC1. The van der Waals surface area contributed by atoms with Crippen LogP contribution in [0.25, 0.3) is 0 Å². The molecular weight excluding hydrogens is 206 g/mol. The Balaban J connectivity index is 2.23. The van der Waals surface area contributed by atoms with E-state index in [2.05, 4.69) is 10.2 Å². The topological polar surface area (TPSA) is 67.6 Å². The van der Waals surface area contributed by atoms with Crippen molar-refractivity contribution >= 4 is 5.91 Å². The van der Waals surface area contributed by atoms with Gasteiger partial charge in [-0.05, 0) is 13.3 Å². The lowest BCUT2D eigenvalue weighted by Gasteiger charge is -2.29. The average molecular weight is 229 g/mol. The largest absolute Gasteiger partial charge is 0.379 e. The highest BCUT2D eigenvalue weighted by molar-refractivity contribution is 5.81. The molecule has 5 nitrogen and oxygen atoms in total. The molecule has 5 heteroatoms. The Kier molecular flexibility index (Phi) is 5.73. The molecule has 0 aliphatic carbocycles. The predicted octanol–water partition coefficient (Wildman–Crippen LogP) is -0.439. The Hall–Kier alpha value is -0.650. The van der Waals surface area contributed by atoms with Gasteiger partial charge in [-0.3, -0.25) is 9.69 Å². The first-order valence-electron chi connectivity index (χ1n) is 5.99. The van der Waals surface area contributed by atoms with E-state index in [9.17, 15) is 4.79 Å². The summed E-state index contributed by atoms with van der Waals surface area (Å²) in [4.78, 5) is 13.8. The fraction of sp³-hybridized carbons (Fsp3) is 0.909. The molecule has 16 heavy (non-hydrogen) atoms. The second-order valence-electron chi connectivity index (χ2n) is 4.34. The number of hydrogen-bond acceptors (Lipinski definition) is 4. The highest BCUT2D eigenvalue weighted by atomic mass is 16.5. The van der Waals surface area contributed by atoms with Gasteiger partial charge in [0.2, 0.25) is 5.91 Å². The van der Waals surface area contributed by atoms with Crippen molar-refractivity contribution in [3.05, 3.63) is 0 Å². The van der Waals surface area contributed by atoms with Crippen molar-refractivity contribution in [2.75, 3.05) is 32.8 Å². The van der Waals surface area contributed by atoms with Gasteiger partial charge in [0.15, 0.2) is 0 Å². The van der Waals surface area contributed by atoms with Crippen LogP contribution in [0.1, 0.15) is 20.3 Å². The van der Waals surface area contributed by atoms with Crippen molar-refractivity contribution in [1.29, 1.82) is 0 Å². The van der Waals surface area contributed by atoms with Crippen molar-refractivity contribution in [2.45, 2.75) is 32.4 Å². The summed E-state index contributed by atoms with van der Waals surface area (Å²) in [5.74, 6) is -0.0525. The van der Waals surface area contributed by atoms with Gasteiger partial charge in [-0.2, -0.15) is 0 Å². The normalized spacial score (nSPS) is 21.4. The molecule has 2 atom stereocenters. The van der Waals surface area contributed by atoms with Crippen LogP contribution < -0.4 is 11.1 Å². The molecule has 94 valence electrons. The molecule has 0 bridgehead atoms. The molecule has 0 aromatic rings. The third-order valence-electron chi connectivity index (χ3n) is 2.80. The van der Waals surface area contributed by atoms with Crippen LogP contribution in [-0.2, 0) is 9.53 Å². The van der Waals surface area contributed by atoms with E-state index in [-0.39, 0.29) is 18.0 Å². The molecule has 1 rings (SSSR count). The third kappa shape index (κ3) is 4.47. The molecule has 0 spiro atoms. The first kappa shape index (κ1) is 13.4. The Bertz CT molecular complexity index is 217. The minimum atomic E-state index is -0.382. The van der Waals surface area contributed by atoms with Crippen LogP contribution in [0.15, 0.2) is 0 Å². The fourth-order valence-electron chi connectivity index (χ4n) is 1.75. The van der Waals surface area contributed by atoms with Gasteiger partial charge in [0, 0.05) is 25.7 Å². The second-order valence-corrected chi connectivity index (χ2v) is 4.34. The maximum atomic E-state index is 11.5. The van der Waals surface area contributed by atoms with E-state index in [4.69, 9.17) is 10.5 Å². The molecule has 0 radical (unpaired) electrons. The molecule has 0 saturated carbocycles. The molecule has 1 amide bonds. The van der Waals surface area contributed by atoms with Gasteiger partial charge < -0.3 is 15.8 Å². The van der Waals surface area contributed by atoms with E-state index in [1.54, 1.807) is 0 Å². The maximum absolute atomic E-state index is 11.5. The highest BCUT2D eigenvalue weighted by Crippen LogP contribution is 1.98. The van der Waals surface area contributed by atoms with Crippen LogP contribution in [0.4, 0.5) is 0 Å². The summed E-state index contributed by atoms with van der Waals surface area (Å²) in [7, 11) is 0. The lowest BCUT2D eigenvalue weighted by atomic mass is 10.2. The van der Waals surface area contributed by atoms with Gasteiger partial charge in [0.1, 0.15) is 0 Å². The molecule has 1 fully saturated rings. The zero-order valence-electron chi connectivity index (χ0n) is 10.2. The monoisotopic (exact) mass is 229 g/mol. The predicted molar refractivity (Wildman–Crippen MR) is 63.1 cm³/mol. The summed E-state index contributed by atoms with van der Waals surface area (Å²) in [6, 6.07) is -0.240. The summed E-state index contributed by atoms with van der Waals surface area (Å²) in [6.07, 6.45) is 0.677. The van der Waals surface area contributed by atoms with Crippen LogP contribution in [0.5, 0.6) is 0 Å². The van der Waals surface area contributed by atoms with E-state index < -0.39 is 0 Å². The quantitative estimate of drug-likeness (QED) is 0.671. The fourth-order valence-corrected chi connectivity index (χ4v) is 1.75. The van der Waals surface area contributed by atoms with Gasteiger partial charge in [0.05, 0.1) is 19.3 Å². The van der Waals surface area contributed by atoms with Crippen LogP contribution in [0, 0.1) is 0 Å². The number of nitrogens with one attached hydrogen (secondary N) is 1. The third-order valence-corrected chi connectivity index (χ3v) is 2.80. The molecule has 3 N–H and O–H groups in total. The van der Waals surface area contributed by atoms with Crippen molar-refractivity contribution in [3.8, 4) is 0 Å². The Morgan fingerprint density at radius 3 is 2.69 bits per heavy atom. The smallest absolute Gasteiger partial charge is 0.237 e. The van der Waals surface area contributed by atoms with Crippen LogP contribution in [0.3, 0.4) is 0 Å². The Morgan fingerprint density at radius 1 is 1.50 bits per heavy atom. The minimum Gasteiger partial charge on any atom is -0.379 e. The molecule has 0 aromatic heterocycles. The van der Waals surface area contributed by atoms with E-state index in [0.29, 0.717) is 6.42 Å². The second kappa shape index (κ2) is 6.83. The summed E-state index contributed by atoms with van der Waals surface area (Å²) < 4.78 is 5.27. The van der Waals surface area contributed by atoms with Crippen molar-refractivity contribution in [1.82, 2.24) is 10.2 Å². The molecule has 1 saturated heterocycles. The first-order chi connectivity index (χ1) is 7.63. The molecule has 1 aliphatic heterocycles. The lowest BCUT2D eigenvalue weighted by molar-refractivity contribution is -0.123.